The number of ketones is 1. The summed E-state index contributed by atoms with van der Waals surface area (Å²) in [7, 11) is 2.74. The molecule has 37 heavy (non-hydrogen) atoms. The van der Waals surface area contributed by atoms with Gasteiger partial charge in [-0.3, -0.25) is 19.2 Å². The summed E-state index contributed by atoms with van der Waals surface area (Å²) in [5, 5.41) is 7.81. The van der Waals surface area contributed by atoms with Crippen LogP contribution >= 0.6 is 0 Å². The minimum Gasteiger partial charge on any atom is -0.436 e. The molecule has 12 heteroatoms. The summed E-state index contributed by atoms with van der Waals surface area (Å²) in [6.07, 6.45) is 1.48. The third kappa shape index (κ3) is 7.68. The van der Waals surface area contributed by atoms with E-state index in [1.807, 2.05) is 30.3 Å². The molecule has 0 aliphatic carbocycles. The number of amides is 3. The first-order valence-electron chi connectivity index (χ1n) is 11.7. The van der Waals surface area contributed by atoms with Crippen LogP contribution in [-0.4, -0.2) is 86.3 Å². The Balaban J connectivity index is 1.70. The summed E-state index contributed by atoms with van der Waals surface area (Å²) in [4.78, 5) is 55.6. The van der Waals surface area contributed by atoms with E-state index in [0.29, 0.717) is 5.89 Å². The summed E-state index contributed by atoms with van der Waals surface area (Å²) in [5.74, 6) is -2.03. The van der Waals surface area contributed by atoms with Gasteiger partial charge in [0.1, 0.15) is 17.7 Å². The second kappa shape index (κ2) is 12.6. The molecule has 200 valence electrons. The maximum atomic E-state index is 13.2. The second-order valence-electron chi connectivity index (χ2n) is 8.88. The van der Waals surface area contributed by atoms with Crippen LogP contribution in [0.15, 0.2) is 40.9 Å². The number of benzene rings is 1. The first-order chi connectivity index (χ1) is 17.7. The van der Waals surface area contributed by atoms with Crippen molar-refractivity contribution in [3.8, 4) is 0 Å². The molecule has 0 saturated carbocycles. The summed E-state index contributed by atoms with van der Waals surface area (Å²) < 4.78 is 20.7. The number of Topliss-reactive ketones (excluding diaryl/α,β-unsaturated/α-hetero) is 1. The molecule has 0 bridgehead atoms. The van der Waals surface area contributed by atoms with Gasteiger partial charge in [-0.15, -0.1) is 0 Å². The van der Waals surface area contributed by atoms with E-state index in [0.717, 1.165) is 5.56 Å². The Labute approximate surface area is 214 Å². The van der Waals surface area contributed by atoms with Crippen LogP contribution in [0.1, 0.15) is 28.9 Å². The number of hydrogen-bond acceptors (Lipinski definition) is 9. The SMILES string of the molecule is COC[C@H](NC(=O)c1cnc(C)o1)C(=O)N[C@@H](COC)C(=O)N[C@@H](Cc1ccccc1)C(=O)[C@@]1(C)CO1. The van der Waals surface area contributed by atoms with Crippen molar-refractivity contribution in [1.82, 2.24) is 20.9 Å². The topological polar surface area (TPSA) is 161 Å². The molecule has 1 aromatic heterocycles. The molecule has 0 spiro atoms. The minimum atomic E-state index is -1.15. The van der Waals surface area contributed by atoms with E-state index in [-0.39, 0.29) is 37.8 Å². The standard InChI is InChI=1S/C25H32N4O8/c1-15-26-11-20(37-15)24(33)29-19(13-35-4)23(32)28-18(12-34-3)22(31)27-17(21(30)25(2)14-36-25)10-16-8-6-5-7-9-16/h5-9,11,17-19H,10,12-14H2,1-4H3,(H,27,31)(H,28,32)(H,29,33)/t17-,18-,19-,25+/m0/s1. The van der Waals surface area contributed by atoms with Crippen LogP contribution in [0.25, 0.3) is 0 Å². The number of nitrogens with one attached hydrogen (secondary N) is 3. The Kier molecular flexibility index (Phi) is 9.50. The van der Waals surface area contributed by atoms with Gasteiger partial charge in [-0.25, -0.2) is 4.98 Å². The normalized spacial score (nSPS) is 18.8. The quantitative estimate of drug-likeness (QED) is 0.292. The lowest BCUT2D eigenvalue weighted by molar-refractivity contribution is -0.134. The zero-order valence-corrected chi connectivity index (χ0v) is 21.2. The number of methoxy groups -OCH3 is 2. The fourth-order valence-corrected chi connectivity index (χ4v) is 3.62. The Bertz CT molecular complexity index is 1100. The molecule has 1 saturated heterocycles. The molecule has 0 radical (unpaired) electrons. The van der Waals surface area contributed by atoms with E-state index < -0.39 is 41.4 Å². The molecule has 2 aromatic rings. The number of oxazole rings is 1. The highest BCUT2D eigenvalue weighted by atomic mass is 16.6. The van der Waals surface area contributed by atoms with Crippen LogP contribution in [-0.2, 0) is 35.0 Å². The van der Waals surface area contributed by atoms with E-state index in [9.17, 15) is 19.2 Å². The fraction of sp³-hybridized carbons (Fsp3) is 0.480. The Morgan fingerprint density at radius 2 is 1.54 bits per heavy atom. The van der Waals surface area contributed by atoms with E-state index in [4.69, 9.17) is 18.6 Å². The van der Waals surface area contributed by atoms with Crippen molar-refractivity contribution in [3.63, 3.8) is 0 Å². The van der Waals surface area contributed by atoms with Gasteiger partial charge in [-0.1, -0.05) is 30.3 Å². The number of ether oxygens (including phenoxy) is 3. The number of hydrogen-bond donors (Lipinski definition) is 3. The van der Waals surface area contributed by atoms with Gasteiger partial charge >= 0.3 is 0 Å². The van der Waals surface area contributed by atoms with Crippen molar-refractivity contribution in [2.24, 2.45) is 0 Å². The Morgan fingerprint density at radius 1 is 0.973 bits per heavy atom. The van der Waals surface area contributed by atoms with Gasteiger partial charge in [-0.2, -0.15) is 0 Å². The average molecular weight is 517 g/mol. The van der Waals surface area contributed by atoms with E-state index >= 15 is 0 Å². The van der Waals surface area contributed by atoms with Crippen LogP contribution in [0.2, 0.25) is 0 Å². The molecular weight excluding hydrogens is 484 g/mol. The number of epoxide rings is 1. The molecule has 3 amide bonds. The molecule has 3 rings (SSSR count). The van der Waals surface area contributed by atoms with E-state index in [2.05, 4.69) is 20.9 Å². The van der Waals surface area contributed by atoms with E-state index in [1.54, 1.807) is 13.8 Å². The predicted molar refractivity (Wildman–Crippen MR) is 130 cm³/mol. The van der Waals surface area contributed by atoms with Crippen molar-refractivity contribution in [2.75, 3.05) is 34.0 Å². The van der Waals surface area contributed by atoms with Crippen LogP contribution < -0.4 is 16.0 Å². The van der Waals surface area contributed by atoms with Crippen molar-refractivity contribution in [3.05, 3.63) is 53.7 Å². The van der Waals surface area contributed by atoms with Crippen LogP contribution in [0.3, 0.4) is 0 Å². The number of nitrogens with zero attached hydrogens (tertiary/aromatic N) is 1. The zero-order valence-electron chi connectivity index (χ0n) is 21.2. The number of carbonyl (C=O) groups excluding carboxylic acids is 4. The zero-order chi connectivity index (χ0) is 27.0. The lowest BCUT2D eigenvalue weighted by atomic mass is 9.94. The van der Waals surface area contributed by atoms with Crippen LogP contribution in [0.5, 0.6) is 0 Å². The molecule has 2 heterocycles. The molecular formula is C25H32N4O8. The molecule has 0 unspecified atom stereocenters. The highest BCUT2D eigenvalue weighted by Crippen LogP contribution is 2.29. The Hall–Kier alpha value is -3.61. The van der Waals surface area contributed by atoms with Crippen molar-refractivity contribution < 1.29 is 37.8 Å². The van der Waals surface area contributed by atoms with Crippen molar-refractivity contribution in [1.29, 1.82) is 0 Å². The highest BCUT2D eigenvalue weighted by molar-refractivity contribution is 5.99. The summed E-state index contributed by atoms with van der Waals surface area (Å²) >= 11 is 0. The third-order valence-corrected chi connectivity index (χ3v) is 5.78. The summed E-state index contributed by atoms with van der Waals surface area (Å²) in [6, 6.07) is 6.06. The molecule has 1 aliphatic heterocycles. The molecule has 1 aromatic carbocycles. The molecule has 1 fully saturated rings. The predicted octanol–water partition coefficient (Wildman–Crippen LogP) is -0.0555. The smallest absolute Gasteiger partial charge is 0.289 e. The first-order valence-corrected chi connectivity index (χ1v) is 11.7. The molecule has 1 aliphatic rings. The third-order valence-electron chi connectivity index (χ3n) is 5.78. The fourth-order valence-electron chi connectivity index (χ4n) is 3.62. The average Bonchev–Trinajstić information content (AvgIpc) is 3.48. The Morgan fingerprint density at radius 3 is 2.05 bits per heavy atom. The van der Waals surface area contributed by atoms with Gasteiger partial charge in [0.2, 0.25) is 17.6 Å². The highest BCUT2D eigenvalue weighted by Gasteiger charge is 2.50. The summed E-state index contributed by atoms with van der Waals surface area (Å²) in [5.41, 5.74) is -0.108. The van der Waals surface area contributed by atoms with Gasteiger partial charge in [0.25, 0.3) is 5.91 Å². The van der Waals surface area contributed by atoms with Gasteiger partial charge < -0.3 is 34.6 Å². The first kappa shape index (κ1) is 28.0. The minimum absolute atomic E-state index is 0.0735. The van der Waals surface area contributed by atoms with Gasteiger partial charge in [0, 0.05) is 21.1 Å². The monoisotopic (exact) mass is 516 g/mol. The van der Waals surface area contributed by atoms with Gasteiger partial charge in [-0.05, 0) is 18.9 Å². The lowest BCUT2D eigenvalue weighted by Crippen LogP contribution is -2.59. The van der Waals surface area contributed by atoms with E-state index in [1.165, 1.54) is 20.4 Å². The van der Waals surface area contributed by atoms with Crippen LogP contribution in [0.4, 0.5) is 0 Å². The van der Waals surface area contributed by atoms with Crippen molar-refractivity contribution >= 4 is 23.5 Å². The number of aromatic nitrogens is 1. The molecule has 12 nitrogen and oxygen atoms in total. The number of rotatable bonds is 14. The van der Waals surface area contributed by atoms with Crippen molar-refractivity contribution in [2.45, 2.75) is 44.0 Å². The number of carbonyl (C=O) groups is 4. The van der Waals surface area contributed by atoms with Gasteiger partial charge in [0.05, 0.1) is 32.1 Å². The second-order valence-corrected chi connectivity index (χ2v) is 8.88. The maximum absolute atomic E-state index is 13.2. The summed E-state index contributed by atoms with van der Waals surface area (Å²) in [6.45, 7) is 3.18. The van der Waals surface area contributed by atoms with Gasteiger partial charge in [0.15, 0.2) is 11.7 Å². The lowest BCUT2D eigenvalue weighted by Gasteiger charge is -2.25. The number of aryl methyl sites for hydroxylation is 1. The molecule has 4 atom stereocenters. The van der Waals surface area contributed by atoms with Crippen LogP contribution in [0, 0.1) is 6.92 Å². The maximum Gasteiger partial charge on any atom is 0.289 e. The largest absolute Gasteiger partial charge is 0.436 e. The molecule has 3 N–H and O–H groups in total.